The molecule has 0 bridgehead atoms. The monoisotopic (exact) mass is 263 g/mol. The molecule has 0 aliphatic rings. The summed E-state index contributed by atoms with van der Waals surface area (Å²) in [5.41, 5.74) is 1.69. The molecule has 1 aromatic carbocycles. The fourth-order valence-corrected chi connectivity index (χ4v) is 2.31. The molecule has 0 aliphatic carbocycles. The van der Waals surface area contributed by atoms with E-state index in [1.165, 1.54) is 18.4 Å². The van der Waals surface area contributed by atoms with Crippen molar-refractivity contribution in [1.82, 2.24) is 5.32 Å². The molecule has 0 radical (unpaired) electrons. The van der Waals surface area contributed by atoms with E-state index in [1.807, 2.05) is 12.1 Å². The van der Waals surface area contributed by atoms with Gasteiger partial charge in [0.15, 0.2) is 0 Å². The van der Waals surface area contributed by atoms with Crippen molar-refractivity contribution in [2.45, 2.75) is 53.0 Å². The van der Waals surface area contributed by atoms with Gasteiger partial charge in [-0.3, -0.25) is 0 Å². The minimum absolute atomic E-state index is 0.397. The molecule has 1 rings (SSSR count). The molecule has 0 saturated heterocycles. The Kier molecular flexibility index (Phi) is 6.36. The summed E-state index contributed by atoms with van der Waals surface area (Å²) in [6, 6.07) is 8.85. The van der Waals surface area contributed by atoms with Crippen molar-refractivity contribution >= 4 is 0 Å². The van der Waals surface area contributed by atoms with E-state index in [9.17, 15) is 0 Å². The molecule has 0 aromatic heterocycles. The Morgan fingerprint density at radius 2 is 1.89 bits per heavy atom. The topological polar surface area (TPSA) is 21.3 Å². The molecule has 1 atom stereocenters. The Bertz CT molecular complexity index is 368. The highest BCUT2D eigenvalue weighted by atomic mass is 16.5. The van der Waals surface area contributed by atoms with E-state index >= 15 is 0 Å². The molecule has 0 spiro atoms. The molecule has 0 fully saturated rings. The zero-order valence-electron chi connectivity index (χ0n) is 13.1. The predicted octanol–water partition coefficient (Wildman–Crippen LogP) is 4.04. The second-order valence-corrected chi connectivity index (χ2v) is 6.37. The van der Waals surface area contributed by atoms with Crippen LogP contribution in [0.3, 0.4) is 0 Å². The summed E-state index contributed by atoms with van der Waals surface area (Å²) in [6.07, 6.45) is 3.48. The predicted molar refractivity (Wildman–Crippen MR) is 82.9 cm³/mol. The fraction of sp³-hybridized carbons (Fsp3) is 0.647. The third kappa shape index (κ3) is 6.11. The third-order valence-corrected chi connectivity index (χ3v) is 3.39. The van der Waals surface area contributed by atoms with E-state index in [4.69, 9.17) is 4.74 Å². The SMILES string of the molecule is CCNC(CCC(C)(C)C)Cc1ccccc1OC. The van der Waals surface area contributed by atoms with E-state index in [1.54, 1.807) is 7.11 Å². The highest BCUT2D eigenvalue weighted by Gasteiger charge is 2.16. The first-order valence-corrected chi connectivity index (χ1v) is 7.31. The first kappa shape index (κ1) is 16.0. The van der Waals surface area contributed by atoms with Crippen molar-refractivity contribution in [2.75, 3.05) is 13.7 Å². The van der Waals surface area contributed by atoms with Crippen LogP contribution in [0.1, 0.15) is 46.1 Å². The van der Waals surface area contributed by atoms with Crippen molar-refractivity contribution < 1.29 is 4.74 Å². The average molecular weight is 263 g/mol. The average Bonchev–Trinajstić information content (AvgIpc) is 2.36. The van der Waals surface area contributed by atoms with Crippen LogP contribution in [0, 0.1) is 5.41 Å². The summed E-state index contributed by atoms with van der Waals surface area (Å²) in [7, 11) is 1.75. The first-order chi connectivity index (χ1) is 8.96. The van der Waals surface area contributed by atoms with Gasteiger partial charge < -0.3 is 10.1 Å². The molecule has 0 amide bonds. The van der Waals surface area contributed by atoms with Gasteiger partial charge >= 0.3 is 0 Å². The van der Waals surface area contributed by atoms with Crippen LogP contribution < -0.4 is 10.1 Å². The minimum atomic E-state index is 0.397. The molecule has 1 unspecified atom stereocenters. The van der Waals surface area contributed by atoms with Crippen LogP contribution in [0.15, 0.2) is 24.3 Å². The number of para-hydroxylation sites is 1. The number of ether oxygens (including phenoxy) is 1. The van der Waals surface area contributed by atoms with Crippen molar-refractivity contribution in [3.8, 4) is 5.75 Å². The largest absolute Gasteiger partial charge is 0.496 e. The number of hydrogen-bond donors (Lipinski definition) is 1. The van der Waals surface area contributed by atoms with Gasteiger partial charge in [0.2, 0.25) is 0 Å². The van der Waals surface area contributed by atoms with Crippen LogP contribution in [0.2, 0.25) is 0 Å². The van der Waals surface area contributed by atoms with Crippen molar-refractivity contribution in [3.05, 3.63) is 29.8 Å². The van der Waals surface area contributed by atoms with Crippen LogP contribution in [0.4, 0.5) is 0 Å². The van der Waals surface area contributed by atoms with Gasteiger partial charge in [0.25, 0.3) is 0 Å². The Morgan fingerprint density at radius 1 is 1.21 bits per heavy atom. The van der Waals surface area contributed by atoms with Crippen LogP contribution in [-0.4, -0.2) is 19.7 Å². The van der Waals surface area contributed by atoms with E-state index in [2.05, 4.69) is 45.1 Å². The molecular formula is C17H29NO. The lowest BCUT2D eigenvalue weighted by molar-refractivity contribution is 0.328. The first-order valence-electron chi connectivity index (χ1n) is 7.31. The van der Waals surface area contributed by atoms with Gasteiger partial charge in [0, 0.05) is 6.04 Å². The Balaban J connectivity index is 2.66. The van der Waals surface area contributed by atoms with Crippen LogP contribution in [0.5, 0.6) is 5.75 Å². The lowest BCUT2D eigenvalue weighted by Crippen LogP contribution is -2.32. The smallest absolute Gasteiger partial charge is 0.122 e. The van der Waals surface area contributed by atoms with Crippen LogP contribution in [0.25, 0.3) is 0 Å². The second-order valence-electron chi connectivity index (χ2n) is 6.37. The summed E-state index contributed by atoms with van der Waals surface area (Å²) in [5, 5.41) is 3.60. The van der Waals surface area contributed by atoms with Gasteiger partial charge in [-0.1, -0.05) is 45.9 Å². The lowest BCUT2D eigenvalue weighted by Gasteiger charge is -2.24. The summed E-state index contributed by atoms with van der Waals surface area (Å²) in [6.45, 7) is 10.1. The zero-order chi connectivity index (χ0) is 14.3. The number of benzene rings is 1. The van der Waals surface area contributed by atoms with Gasteiger partial charge in [-0.05, 0) is 42.9 Å². The Morgan fingerprint density at radius 3 is 2.47 bits per heavy atom. The van der Waals surface area contributed by atoms with Crippen molar-refractivity contribution in [3.63, 3.8) is 0 Å². The second kappa shape index (κ2) is 7.54. The molecule has 108 valence electrons. The molecule has 0 heterocycles. The minimum Gasteiger partial charge on any atom is -0.496 e. The number of nitrogens with one attached hydrogen (secondary N) is 1. The standard InChI is InChI=1S/C17H29NO/c1-6-18-15(11-12-17(2,3)4)13-14-9-7-8-10-16(14)19-5/h7-10,15,18H,6,11-13H2,1-5H3. The van der Waals surface area contributed by atoms with Gasteiger partial charge in [-0.15, -0.1) is 0 Å². The summed E-state index contributed by atoms with van der Waals surface area (Å²) in [5.74, 6) is 1.00. The van der Waals surface area contributed by atoms with E-state index < -0.39 is 0 Å². The maximum absolute atomic E-state index is 5.44. The highest BCUT2D eigenvalue weighted by molar-refractivity contribution is 5.33. The van der Waals surface area contributed by atoms with Crippen molar-refractivity contribution in [2.24, 2.45) is 5.41 Å². The number of rotatable bonds is 7. The van der Waals surface area contributed by atoms with Crippen molar-refractivity contribution in [1.29, 1.82) is 0 Å². The molecule has 0 saturated carbocycles. The van der Waals surface area contributed by atoms with E-state index in [0.717, 1.165) is 18.7 Å². The summed E-state index contributed by atoms with van der Waals surface area (Å²) in [4.78, 5) is 0. The normalized spacial score (nSPS) is 13.3. The highest BCUT2D eigenvalue weighted by Crippen LogP contribution is 2.24. The molecule has 19 heavy (non-hydrogen) atoms. The summed E-state index contributed by atoms with van der Waals surface area (Å²) < 4.78 is 5.44. The molecule has 2 nitrogen and oxygen atoms in total. The Hall–Kier alpha value is -1.02. The molecule has 1 N–H and O–H groups in total. The summed E-state index contributed by atoms with van der Waals surface area (Å²) >= 11 is 0. The maximum Gasteiger partial charge on any atom is 0.122 e. The fourth-order valence-electron chi connectivity index (χ4n) is 2.31. The van der Waals surface area contributed by atoms with Crippen LogP contribution >= 0.6 is 0 Å². The maximum atomic E-state index is 5.44. The van der Waals surface area contributed by atoms with Gasteiger partial charge in [0.1, 0.15) is 5.75 Å². The van der Waals surface area contributed by atoms with Gasteiger partial charge in [-0.2, -0.15) is 0 Å². The number of likely N-dealkylation sites (N-methyl/N-ethyl adjacent to an activating group) is 1. The van der Waals surface area contributed by atoms with E-state index in [0.29, 0.717) is 11.5 Å². The third-order valence-electron chi connectivity index (χ3n) is 3.39. The molecule has 2 heteroatoms. The molecule has 1 aromatic rings. The quantitative estimate of drug-likeness (QED) is 0.801. The number of hydrogen-bond acceptors (Lipinski definition) is 2. The van der Waals surface area contributed by atoms with E-state index in [-0.39, 0.29) is 0 Å². The van der Waals surface area contributed by atoms with Gasteiger partial charge in [0.05, 0.1) is 7.11 Å². The number of methoxy groups -OCH3 is 1. The Labute approximate surface area is 118 Å². The van der Waals surface area contributed by atoms with Crippen LogP contribution in [-0.2, 0) is 6.42 Å². The van der Waals surface area contributed by atoms with Gasteiger partial charge in [-0.25, -0.2) is 0 Å². The molecular weight excluding hydrogens is 234 g/mol. The lowest BCUT2D eigenvalue weighted by atomic mass is 9.87. The zero-order valence-corrected chi connectivity index (χ0v) is 13.1. The molecule has 0 aliphatic heterocycles.